The van der Waals surface area contributed by atoms with E-state index in [9.17, 15) is 0 Å². The van der Waals surface area contributed by atoms with Gasteiger partial charge in [0.05, 0.1) is 16.8 Å². The summed E-state index contributed by atoms with van der Waals surface area (Å²) in [7, 11) is 0. The molecule has 2 aromatic carbocycles. The molecule has 0 saturated heterocycles. The third-order valence-corrected chi connectivity index (χ3v) is 3.42. The molecule has 0 bridgehead atoms. The van der Waals surface area contributed by atoms with Gasteiger partial charge in [0.1, 0.15) is 0 Å². The van der Waals surface area contributed by atoms with Crippen LogP contribution in [0.25, 0.3) is 0 Å². The lowest BCUT2D eigenvalue weighted by Crippen LogP contribution is -2.21. The van der Waals surface area contributed by atoms with Gasteiger partial charge in [-0.3, -0.25) is 0 Å². The number of para-hydroxylation sites is 1. The Labute approximate surface area is 119 Å². The standard InChI is InChI=1S/C16H19ClN2/c1-11-7-12(2)9-13(8-11)16(10-18)19-15-6-4-3-5-14(15)17/h3-9,16,19H,10,18H2,1-2H3. The highest BCUT2D eigenvalue weighted by molar-refractivity contribution is 6.33. The summed E-state index contributed by atoms with van der Waals surface area (Å²) in [6, 6.07) is 14.3. The van der Waals surface area contributed by atoms with Crippen molar-refractivity contribution in [3.8, 4) is 0 Å². The van der Waals surface area contributed by atoms with Gasteiger partial charge in [0.25, 0.3) is 0 Å². The van der Waals surface area contributed by atoms with Crippen LogP contribution in [-0.4, -0.2) is 6.54 Å². The molecule has 0 radical (unpaired) electrons. The van der Waals surface area contributed by atoms with Gasteiger partial charge in [-0.2, -0.15) is 0 Å². The van der Waals surface area contributed by atoms with Crippen LogP contribution in [0.5, 0.6) is 0 Å². The molecule has 0 spiro atoms. The van der Waals surface area contributed by atoms with Crippen LogP contribution in [0.4, 0.5) is 5.69 Å². The fourth-order valence-corrected chi connectivity index (χ4v) is 2.45. The lowest BCUT2D eigenvalue weighted by molar-refractivity contribution is 0.788. The number of anilines is 1. The number of aryl methyl sites for hydroxylation is 2. The molecule has 2 aromatic rings. The van der Waals surface area contributed by atoms with Gasteiger partial charge in [-0.15, -0.1) is 0 Å². The van der Waals surface area contributed by atoms with E-state index in [1.165, 1.54) is 16.7 Å². The van der Waals surface area contributed by atoms with E-state index in [1.807, 2.05) is 24.3 Å². The number of nitrogens with two attached hydrogens (primary N) is 1. The Balaban J connectivity index is 2.28. The summed E-state index contributed by atoms with van der Waals surface area (Å²) in [5.74, 6) is 0. The molecule has 19 heavy (non-hydrogen) atoms. The van der Waals surface area contributed by atoms with Gasteiger partial charge in [0.2, 0.25) is 0 Å². The summed E-state index contributed by atoms with van der Waals surface area (Å²) >= 11 is 6.17. The van der Waals surface area contributed by atoms with Crippen LogP contribution in [0.15, 0.2) is 42.5 Å². The zero-order valence-electron chi connectivity index (χ0n) is 11.3. The second kappa shape index (κ2) is 6.09. The summed E-state index contributed by atoms with van der Waals surface area (Å²) in [6.07, 6.45) is 0. The quantitative estimate of drug-likeness (QED) is 0.882. The highest BCUT2D eigenvalue weighted by Crippen LogP contribution is 2.26. The number of hydrogen-bond acceptors (Lipinski definition) is 2. The van der Waals surface area contributed by atoms with Crippen LogP contribution in [0, 0.1) is 13.8 Å². The first-order valence-electron chi connectivity index (χ1n) is 6.39. The molecule has 0 heterocycles. The zero-order valence-corrected chi connectivity index (χ0v) is 12.0. The third-order valence-electron chi connectivity index (χ3n) is 3.09. The average Bonchev–Trinajstić information content (AvgIpc) is 2.36. The molecule has 0 aliphatic rings. The summed E-state index contributed by atoms with van der Waals surface area (Å²) in [6.45, 7) is 4.72. The molecule has 3 heteroatoms. The lowest BCUT2D eigenvalue weighted by atomic mass is 10.0. The molecule has 0 amide bonds. The Morgan fingerprint density at radius 1 is 1.11 bits per heavy atom. The molecule has 0 aliphatic carbocycles. The van der Waals surface area contributed by atoms with Crippen molar-refractivity contribution in [2.24, 2.45) is 5.73 Å². The molecule has 0 saturated carbocycles. The zero-order chi connectivity index (χ0) is 13.8. The predicted molar refractivity (Wildman–Crippen MR) is 82.8 cm³/mol. The van der Waals surface area contributed by atoms with Crippen molar-refractivity contribution in [3.05, 3.63) is 64.2 Å². The van der Waals surface area contributed by atoms with Crippen LogP contribution in [0.2, 0.25) is 5.02 Å². The Morgan fingerprint density at radius 3 is 2.32 bits per heavy atom. The van der Waals surface area contributed by atoms with Crippen molar-refractivity contribution in [2.75, 3.05) is 11.9 Å². The Morgan fingerprint density at radius 2 is 1.74 bits per heavy atom. The van der Waals surface area contributed by atoms with E-state index in [1.54, 1.807) is 0 Å². The fraction of sp³-hybridized carbons (Fsp3) is 0.250. The molecule has 0 fully saturated rings. The van der Waals surface area contributed by atoms with Gasteiger partial charge in [-0.1, -0.05) is 53.1 Å². The summed E-state index contributed by atoms with van der Waals surface area (Å²) in [4.78, 5) is 0. The summed E-state index contributed by atoms with van der Waals surface area (Å²) in [5.41, 5.74) is 10.5. The maximum absolute atomic E-state index is 6.17. The van der Waals surface area contributed by atoms with Crippen LogP contribution in [0.1, 0.15) is 22.7 Å². The topological polar surface area (TPSA) is 38.0 Å². The van der Waals surface area contributed by atoms with Crippen molar-refractivity contribution < 1.29 is 0 Å². The lowest BCUT2D eigenvalue weighted by Gasteiger charge is -2.20. The van der Waals surface area contributed by atoms with Crippen molar-refractivity contribution in [1.29, 1.82) is 0 Å². The second-order valence-electron chi connectivity index (χ2n) is 4.83. The van der Waals surface area contributed by atoms with Crippen LogP contribution >= 0.6 is 11.6 Å². The molecule has 1 unspecified atom stereocenters. The van der Waals surface area contributed by atoms with Gasteiger partial charge < -0.3 is 11.1 Å². The number of hydrogen-bond donors (Lipinski definition) is 2. The normalized spacial score (nSPS) is 12.2. The second-order valence-corrected chi connectivity index (χ2v) is 5.24. The first-order chi connectivity index (χ1) is 9.10. The molecule has 2 nitrogen and oxygen atoms in total. The first-order valence-corrected chi connectivity index (χ1v) is 6.77. The number of benzene rings is 2. The van der Waals surface area contributed by atoms with Crippen molar-refractivity contribution in [2.45, 2.75) is 19.9 Å². The minimum Gasteiger partial charge on any atom is -0.376 e. The van der Waals surface area contributed by atoms with E-state index in [2.05, 4.69) is 37.4 Å². The first kappa shape index (κ1) is 13.9. The molecule has 1 atom stereocenters. The maximum atomic E-state index is 6.17. The van der Waals surface area contributed by atoms with Gasteiger partial charge in [-0.05, 0) is 31.5 Å². The molecular formula is C16H19ClN2. The Kier molecular flexibility index (Phi) is 4.46. The van der Waals surface area contributed by atoms with E-state index in [4.69, 9.17) is 17.3 Å². The van der Waals surface area contributed by atoms with Crippen molar-refractivity contribution >= 4 is 17.3 Å². The van der Waals surface area contributed by atoms with E-state index in [0.29, 0.717) is 11.6 Å². The van der Waals surface area contributed by atoms with E-state index in [0.717, 1.165) is 5.69 Å². The van der Waals surface area contributed by atoms with Crippen molar-refractivity contribution in [1.82, 2.24) is 0 Å². The van der Waals surface area contributed by atoms with Gasteiger partial charge in [-0.25, -0.2) is 0 Å². The van der Waals surface area contributed by atoms with E-state index in [-0.39, 0.29) is 6.04 Å². The predicted octanol–water partition coefficient (Wildman–Crippen LogP) is 4.07. The highest BCUT2D eigenvalue weighted by atomic mass is 35.5. The van der Waals surface area contributed by atoms with Crippen molar-refractivity contribution in [3.63, 3.8) is 0 Å². The van der Waals surface area contributed by atoms with E-state index >= 15 is 0 Å². The van der Waals surface area contributed by atoms with Crippen LogP contribution in [-0.2, 0) is 0 Å². The number of rotatable bonds is 4. The number of nitrogens with one attached hydrogen (secondary N) is 1. The molecule has 0 aromatic heterocycles. The monoisotopic (exact) mass is 274 g/mol. The molecule has 3 N–H and O–H groups in total. The molecule has 0 aliphatic heterocycles. The molecule has 100 valence electrons. The maximum Gasteiger partial charge on any atom is 0.0637 e. The minimum absolute atomic E-state index is 0.0681. The number of halogens is 1. The largest absolute Gasteiger partial charge is 0.376 e. The summed E-state index contributed by atoms with van der Waals surface area (Å²) < 4.78 is 0. The highest BCUT2D eigenvalue weighted by Gasteiger charge is 2.11. The average molecular weight is 275 g/mol. The Hall–Kier alpha value is -1.51. The molecular weight excluding hydrogens is 256 g/mol. The van der Waals surface area contributed by atoms with Gasteiger partial charge in [0, 0.05) is 6.54 Å². The van der Waals surface area contributed by atoms with Gasteiger partial charge >= 0.3 is 0 Å². The minimum atomic E-state index is 0.0681. The van der Waals surface area contributed by atoms with Crippen LogP contribution < -0.4 is 11.1 Å². The van der Waals surface area contributed by atoms with Gasteiger partial charge in [0.15, 0.2) is 0 Å². The Bertz CT molecular complexity index is 546. The third kappa shape index (κ3) is 3.49. The van der Waals surface area contributed by atoms with E-state index < -0.39 is 0 Å². The SMILES string of the molecule is Cc1cc(C)cc(C(CN)Nc2ccccc2Cl)c1. The van der Waals surface area contributed by atoms with Crippen LogP contribution in [0.3, 0.4) is 0 Å². The summed E-state index contributed by atoms with van der Waals surface area (Å²) in [5, 5.41) is 4.12. The fourth-order valence-electron chi connectivity index (χ4n) is 2.26. The molecule has 2 rings (SSSR count). The smallest absolute Gasteiger partial charge is 0.0637 e.